The highest BCUT2D eigenvalue weighted by molar-refractivity contribution is 5.64. The maximum Gasteiger partial charge on any atom is 0.105 e. The van der Waals surface area contributed by atoms with Gasteiger partial charge in [-0.1, -0.05) is 11.2 Å². The van der Waals surface area contributed by atoms with Crippen molar-refractivity contribution in [2.75, 3.05) is 18.0 Å². The lowest BCUT2D eigenvalue weighted by Crippen LogP contribution is -2.21. The van der Waals surface area contributed by atoms with Gasteiger partial charge in [0, 0.05) is 4.91 Å². The third-order valence-corrected chi connectivity index (χ3v) is 2.15. The van der Waals surface area contributed by atoms with Crippen LogP contribution in [0.3, 0.4) is 0 Å². The van der Waals surface area contributed by atoms with Crippen molar-refractivity contribution in [1.82, 2.24) is 0 Å². The third kappa shape index (κ3) is 2.77. The monoisotopic (exact) mass is 223 g/mol. The van der Waals surface area contributed by atoms with E-state index in [0.29, 0.717) is 16.9 Å². The van der Waals surface area contributed by atoms with Crippen molar-refractivity contribution < 1.29 is 10.2 Å². The molecular weight excluding hydrogens is 210 g/mol. The highest BCUT2D eigenvalue weighted by atomic mass is 16.3. The number of hydrogen-bond donors (Lipinski definition) is 4. The van der Waals surface area contributed by atoms with E-state index >= 15 is 0 Å². The maximum atomic E-state index is 9.70. The standard InChI is InChI=1S/C9H13N5O2/c10-6-2-1-5(3-7(6)11)9(16)8(15)4-13-14-12/h1-3,8-9,15-16H,4,10-11H2. The number of hydrogen-bond acceptors (Lipinski definition) is 5. The number of aliphatic hydroxyl groups is 2. The highest BCUT2D eigenvalue weighted by Gasteiger charge is 2.17. The zero-order valence-corrected chi connectivity index (χ0v) is 8.48. The fourth-order valence-corrected chi connectivity index (χ4v) is 1.22. The van der Waals surface area contributed by atoms with E-state index in [4.69, 9.17) is 17.0 Å². The minimum Gasteiger partial charge on any atom is -0.397 e. The normalized spacial score (nSPS) is 13.9. The van der Waals surface area contributed by atoms with Gasteiger partial charge >= 0.3 is 0 Å². The Bertz CT molecular complexity index is 416. The molecule has 0 aliphatic heterocycles. The van der Waals surface area contributed by atoms with Crippen molar-refractivity contribution in [2.45, 2.75) is 12.2 Å². The Kier molecular flexibility index (Phi) is 3.96. The first kappa shape index (κ1) is 12.1. The Labute approximate surface area is 91.9 Å². The molecule has 7 nitrogen and oxygen atoms in total. The summed E-state index contributed by atoms with van der Waals surface area (Å²) in [5, 5.41) is 22.3. The average molecular weight is 223 g/mol. The van der Waals surface area contributed by atoms with Gasteiger partial charge < -0.3 is 21.7 Å². The summed E-state index contributed by atoms with van der Waals surface area (Å²) in [5.74, 6) is 0. The van der Waals surface area contributed by atoms with Crippen LogP contribution < -0.4 is 11.5 Å². The SMILES string of the molecule is [N-]=[N+]=NCC(O)C(O)c1ccc(N)c(N)c1. The van der Waals surface area contributed by atoms with E-state index < -0.39 is 12.2 Å². The lowest BCUT2D eigenvalue weighted by Gasteiger charge is -2.16. The first-order valence-electron chi connectivity index (χ1n) is 4.58. The van der Waals surface area contributed by atoms with Crippen molar-refractivity contribution in [2.24, 2.45) is 5.11 Å². The van der Waals surface area contributed by atoms with Gasteiger partial charge in [0.25, 0.3) is 0 Å². The van der Waals surface area contributed by atoms with Gasteiger partial charge in [0.1, 0.15) is 6.10 Å². The topological polar surface area (TPSA) is 141 Å². The molecule has 6 N–H and O–H groups in total. The summed E-state index contributed by atoms with van der Waals surface area (Å²) >= 11 is 0. The van der Waals surface area contributed by atoms with E-state index in [1.165, 1.54) is 12.1 Å². The van der Waals surface area contributed by atoms with Crippen LogP contribution in [0.1, 0.15) is 11.7 Å². The van der Waals surface area contributed by atoms with Crippen LogP contribution in [-0.4, -0.2) is 22.9 Å². The highest BCUT2D eigenvalue weighted by Crippen LogP contribution is 2.23. The van der Waals surface area contributed by atoms with E-state index in [2.05, 4.69) is 10.0 Å². The molecule has 1 aromatic carbocycles. The molecule has 0 saturated heterocycles. The first-order valence-corrected chi connectivity index (χ1v) is 4.58. The lowest BCUT2D eigenvalue weighted by atomic mass is 10.0. The summed E-state index contributed by atoms with van der Waals surface area (Å²) in [6.45, 7) is -0.206. The number of rotatable bonds is 4. The number of nitrogens with zero attached hydrogens (tertiary/aromatic N) is 3. The van der Waals surface area contributed by atoms with E-state index in [1.54, 1.807) is 6.07 Å². The Hall–Kier alpha value is -1.95. The van der Waals surface area contributed by atoms with Crippen molar-refractivity contribution in [3.05, 3.63) is 34.2 Å². The first-order chi connectivity index (χ1) is 7.56. The molecule has 2 unspecified atom stereocenters. The molecule has 0 aliphatic carbocycles. The number of anilines is 2. The fraction of sp³-hybridized carbons (Fsp3) is 0.333. The van der Waals surface area contributed by atoms with E-state index in [-0.39, 0.29) is 6.54 Å². The summed E-state index contributed by atoms with van der Waals surface area (Å²) in [5.41, 5.74) is 20.3. The van der Waals surface area contributed by atoms with Gasteiger partial charge in [0.05, 0.1) is 24.0 Å². The second-order valence-electron chi connectivity index (χ2n) is 3.31. The fourth-order valence-electron chi connectivity index (χ4n) is 1.22. The summed E-state index contributed by atoms with van der Waals surface area (Å²) in [7, 11) is 0. The minimum absolute atomic E-state index is 0.206. The molecule has 0 heterocycles. The number of nitrogen functional groups attached to an aromatic ring is 2. The van der Waals surface area contributed by atoms with Crippen LogP contribution >= 0.6 is 0 Å². The Balaban J connectivity index is 2.82. The molecule has 0 aliphatic rings. The zero-order valence-electron chi connectivity index (χ0n) is 8.48. The van der Waals surface area contributed by atoms with E-state index in [0.717, 1.165) is 0 Å². The molecule has 1 rings (SSSR count). The van der Waals surface area contributed by atoms with Crippen LogP contribution in [0.25, 0.3) is 10.4 Å². The quantitative estimate of drug-likeness (QED) is 0.256. The van der Waals surface area contributed by atoms with Crippen LogP contribution in [0.2, 0.25) is 0 Å². The largest absolute Gasteiger partial charge is 0.397 e. The molecule has 0 spiro atoms. The molecule has 0 amide bonds. The van der Waals surface area contributed by atoms with Gasteiger partial charge in [-0.05, 0) is 23.2 Å². The van der Waals surface area contributed by atoms with Crippen molar-refractivity contribution in [1.29, 1.82) is 0 Å². The van der Waals surface area contributed by atoms with Crippen molar-refractivity contribution in [3.8, 4) is 0 Å². The lowest BCUT2D eigenvalue weighted by molar-refractivity contribution is 0.0244. The van der Waals surface area contributed by atoms with E-state index in [9.17, 15) is 10.2 Å². The Morgan fingerprint density at radius 1 is 1.31 bits per heavy atom. The molecule has 86 valence electrons. The second-order valence-corrected chi connectivity index (χ2v) is 3.31. The minimum atomic E-state index is -1.17. The number of nitrogens with two attached hydrogens (primary N) is 2. The summed E-state index contributed by atoms with van der Waals surface area (Å²) in [6.07, 6.45) is -2.33. The van der Waals surface area contributed by atoms with Crippen LogP contribution in [0, 0.1) is 0 Å². The van der Waals surface area contributed by atoms with Gasteiger partial charge in [-0.3, -0.25) is 0 Å². The molecular formula is C9H13N5O2. The van der Waals surface area contributed by atoms with E-state index in [1.807, 2.05) is 0 Å². The van der Waals surface area contributed by atoms with Gasteiger partial charge in [-0.2, -0.15) is 0 Å². The molecule has 0 aromatic heterocycles. The van der Waals surface area contributed by atoms with Gasteiger partial charge in [-0.15, -0.1) is 0 Å². The van der Waals surface area contributed by atoms with Crippen LogP contribution in [-0.2, 0) is 0 Å². The number of benzene rings is 1. The van der Waals surface area contributed by atoms with Crippen LogP contribution in [0.4, 0.5) is 11.4 Å². The molecule has 0 radical (unpaired) electrons. The molecule has 0 fully saturated rings. The zero-order chi connectivity index (χ0) is 12.1. The third-order valence-electron chi connectivity index (χ3n) is 2.15. The van der Waals surface area contributed by atoms with Gasteiger partial charge in [-0.25, -0.2) is 0 Å². The van der Waals surface area contributed by atoms with Crippen LogP contribution in [0.15, 0.2) is 23.3 Å². The average Bonchev–Trinajstić information content (AvgIpc) is 2.28. The van der Waals surface area contributed by atoms with Gasteiger partial charge in [0.2, 0.25) is 0 Å². The molecule has 1 aromatic rings. The Morgan fingerprint density at radius 2 is 2.00 bits per heavy atom. The summed E-state index contributed by atoms with van der Waals surface area (Å²) in [6, 6.07) is 4.56. The summed E-state index contributed by atoms with van der Waals surface area (Å²) < 4.78 is 0. The number of azide groups is 1. The predicted molar refractivity (Wildman–Crippen MR) is 60.2 cm³/mol. The predicted octanol–water partition coefficient (Wildman–Crippen LogP) is 0.556. The molecule has 0 saturated carbocycles. The van der Waals surface area contributed by atoms with Crippen molar-refractivity contribution >= 4 is 11.4 Å². The summed E-state index contributed by atoms with van der Waals surface area (Å²) in [4.78, 5) is 2.49. The molecule has 7 heteroatoms. The molecule has 0 bridgehead atoms. The van der Waals surface area contributed by atoms with Crippen LogP contribution in [0.5, 0.6) is 0 Å². The van der Waals surface area contributed by atoms with Crippen molar-refractivity contribution in [3.63, 3.8) is 0 Å². The maximum absolute atomic E-state index is 9.70. The molecule has 16 heavy (non-hydrogen) atoms. The smallest absolute Gasteiger partial charge is 0.105 e. The Morgan fingerprint density at radius 3 is 2.56 bits per heavy atom. The number of aliphatic hydroxyl groups excluding tert-OH is 2. The molecule has 2 atom stereocenters. The van der Waals surface area contributed by atoms with Gasteiger partial charge in [0.15, 0.2) is 0 Å². The second kappa shape index (κ2) is 5.22.